The molecule has 2 aromatic rings. The van der Waals surface area contributed by atoms with Gasteiger partial charge in [-0.3, -0.25) is 14.4 Å². The number of hydrogen-bond donors (Lipinski definition) is 1. The number of allylic oxidation sites excluding steroid dienone is 8. The molecule has 16 nitrogen and oxygen atoms in total. The fraction of sp³-hybridized carbons (Fsp3) is 0.714. The van der Waals surface area contributed by atoms with E-state index in [9.17, 15) is 28.8 Å². The number of nitrogens with two attached hydrogens (primary N) is 1. The second-order valence-corrected chi connectivity index (χ2v) is 31.7. The first kappa shape index (κ1) is 63.0. The molecule has 2 aromatic heterocycles. The molecule has 16 atom stereocenters. The Labute approximate surface area is 509 Å². The number of esters is 1. The normalized spacial score (nSPS) is 43.0. The Hall–Kier alpha value is -6.00. The van der Waals surface area contributed by atoms with Crippen LogP contribution in [0.1, 0.15) is 233 Å². The van der Waals surface area contributed by atoms with E-state index < -0.39 is 38.5 Å². The van der Waals surface area contributed by atoms with Gasteiger partial charge in [-0.1, -0.05) is 127 Å². The number of ether oxygens (including phenoxy) is 1. The van der Waals surface area contributed by atoms with Crippen LogP contribution in [-0.4, -0.2) is 69.4 Å². The SMILES string of the molecule is CN.[C-]#[N+]C1=C[C@]2(C)C3=CC(=O)[C@@H]4[C@@H]5C[C@@](C)(c6nnc(C(=O)CC)o6)CC[C@]5(C)CC[C@@]4(C)[C@]3(C)CC[C@H]2C(C)(C)C1=O.[C-]#[N+]C1=C[C@]2(C)C3=CC(=O)[C@@H]4[C@@H]5C[C@@](C)(c6nnc(C(=O)OC)o6)CC[C@]5(C)CC[C@@]4(C)[C@]3(C)CC[C@H]2C(C)(C)C1=O. The van der Waals surface area contributed by atoms with Crippen LogP contribution in [0.4, 0.5) is 0 Å². The summed E-state index contributed by atoms with van der Waals surface area (Å²) in [4.78, 5) is 87.4. The van der Waals surface area contributed by atoms with Crippen molar-refractivity contribution in [2.45, 2.75) is 211 Å². The molecule has 86 heavy (non-hydrogen) atoms. The number of aromatic nitrogens is 4. The highest BCUT2D eigenvalue weighted by Crippen LogP contribution is 2.77. The highest BCUT2D eigenvalue weighted by atomic mass is 16.5. The number of nitrogens with zero attached hydrogens (tertiary/aromatic N) is 6. The molecule has 16 heteroatoms. The molecular formula is C70H93N7O9. The topological polar surface area (TPSA) is 224 Å². The van der Waals surface area contributed by atoms with Crippen molar-refractivity contribution in [1.82, 2.24) is 20.4 Å². The molecule has 10 aliphatic carbocycles. The third-order valence-corrected chi connectivity index (χ3v) is 26.9. The number of carbonyl (C=O) groups is 6. The van der Waals surface area contributed by atoms with Crippen molar-refractivity contribution in [3.05, 3.63) is 93.2 Å². The van der Waals surface area contributed by atoms with E-state index in [4.69, 9.17) is 26.7 Å². The maximum Gasteiger partial charge on any atom is 0.396 e. The minimum absolute atomic E-state index is 0.00374. The van der Waals surface area contributed by atoms with E-state index in [1.165, 1.54) is 14.2 Å². The average molecular weight is 1180 g/mol. The van der Waals surface area contributed by atoms with E-state index >= 15 is 0 Å². The molecular weight excluding hydrogens is 1080 g/mol. The summed E-state index contributed by atoms with van der Waals surface area (Å²) >= 11 is 0. The Bertz CT molecular complexity index is 3250. The molecule has 0 spiro atoms. The van der Waals surface area contributed by atoms with Crippen LogP contribution < -0.4 is 5.73 Å². The molecule has 0 bridgehead atoms. The van der Waals surface area contributed by atoms with Gasteiger partial charge in [0.25, 0.3) is 5.89 Å². The second-order valence-electron chi connectivity index (χ2n) is 31.7. The summed E-state index contributed by atoms with van der Waals surface area (Å²) in [6.45, 7) is 48.0. The summed E-state index contributed by atoms with van der Waals surface area (Å²) in [5, 5.41) is 16.7. The fourth-order valence-electron chi connectivity index (χ4n) is 21.1. The van der Waals surface area contributed by atoms with Gasteiger partial charge in [-0.2, -0.15) is 0 Å². The second kappa shape index (κ2) is 20.3. The van der Waals surface area contributed by atoms with Crippen molar-refractivity contribution in [3.8, 4) is 0 Å². The first-order valence-electron chi connectivity index (χ1n) is 31.7. The zero-order valence-corrected chi connectivity index (χ0v) is 54.3. The lowest BCUT2D eigenvalue weighted by atomic mass is 9.34. The Morgan fingerprint density at radius 1 is 0.570 bits per heavy atom. The summed E-state index contributed by atoms with van der Waals surface area (Å²) in [6, 6.07) is 0. The first-order valence-corrected chi connectivity index (χ1v) is 31.7. The first-order chi connectivity index (χ1) is 40.0. The van der Waals surface area contributed by atoms with Gasteiger partial charge >= 0.3 is 11.9 Å². The van der Waals surface area contributed by atoms with Gasteiger partial charge in [-0.05, 0) is 165 Å². The van der Waals surface area contributed by atoms with Crippen molar-refractivity contribution in [1.29, 1.82) is 0 Å². The summed E-state index contributed by atoms with van der Waals surface area (Å²) in [6.07, 6.45) is 20.7. The number of Topliss-reactive ketones (excluding diaryl/α,β-unsaturated/α-hetero) is 3. The molecule has 10 aliphatic rings. The van der Waals surface area contributed by atoms with Crippen LogP contribution in [0, 0.1) is 103 Å². The van der Waals surface area contributed by atoms with Crippen LogP contribution in [0.3, 0.4) is 0 Å². The highest BCUT2D eigenvalue weighted by molar-refractivity contribution is 6.04. The van der Waals surface area contributed by atoms with Crippen molar-refractivity contribution >= 4 is 34.9 Å². The number of hydrogen-bond acceptors (Lipinski definition) is 14. The minimum Gasteiger partial charge on any atom is -0.462 e. The van der Waals surface area contributed by atoms with Crippen LogP contribution in [0.5, 0.6) is 0 Å². The van der Waals surface area contributed by atoms with Gasteiger partial charge in [0.1, 0.15) is 0 Å². The van der Waals surface area contributed by atoms with Crippen molar-refractivity contribution in [2.75, 3.05) is 14.2 Å². The van der Waals surface area contributed by atoms with Crippen molar-refractivity contribution < 1.29 is 42.3 Å². The third kappa shape index (κ3) is 8.45. The van der Waals surface area contributed by atoms with Gasteiger partial charge in [0.05, 0.1) is 20.3 Å². The van der Waals surface area contributed by atoms with Crippen LogP contribution in [0.2, 0.25) is 0 Å². The van der Waals surface area contributed by atoms with Gasteiger partial charge in [0.15, 0.2) is 23.1 Å². The Morgan fingerprint density at radius 3 is 1.31 bits per heavy atom. The van der Waals surface area contributed by atoms with Crippen LogP contribution >= 0.6 is 0 Å². The maximum absolute atomic E-state index is 14.6. The lowest BCUT2D eigenvalue weighted by Gasteiger charge is -2.69. The highest BCUT2D eigenvalue weighted by Gasteiger charge is 2.72. The Balaban J connectivity index is 0.000000186. The van der Waals surface area contributed by atoms with Crippen molar-refractivity contribution in [3.63, 3.8) is 0 Å². The van der Waals surface area contributed by atoms with Gasteiger partial charge in [0, 0.05) is 50.7 Å². The molecule has 0 aliphatic heterocycles. The molecule has 0 amide bonds. The quantitative estimate of drug-likeness (QED) is 0.167. The number of ketones is 5. The van der Waals surface area contributed by atoms with Crippen molar-refractivity contribution in [2.24, 2.45) is 95.4 Å². The van der Waals surface area contributed by atoms with E-state index in [0.717, 1.165) is 101 Å². The van der Waals surface area contributed by atoms with E-state index in [1.54, 1.807) is 6.92 Å². The zero-order chi connectivity index (χ0) is 63.3. The van der Waals surface area contributed by atoms with Crippen LogP contribution in [-0.2, 0) is 34.7 Å². The summed E-state index contributed by atoms with van der Waals surface area (Å²) in [5.74, 6) is 0.278. The van der Waals surface area contributed by atoms with E-state index in [-0.39, 0.29) is 120 Å². The van der Waals surface area contributed by atoms with Crippen LogP contribution in [0.15, 0.2) is 55.7 Å². The molecule has 6 saturated carbocycles. The molecule has 2 N–H and O–H groups in total. The molecule has 0 radical (unpaired) electrons. The fourth-order valence-corrected chi connectivity index (χ4v) is 21.1. The zero-order valence-electron chi connectivity index (χ0n) is 54.3. The number of rotatable bonds is 5. The predicted octanol–water partition coefficient (Wildman–Crippen LogP) is 13.7. The standard InChI is InChI=1S/C35H45N3O4.C34H43N3O5.CH5N/c1-10-22(39)28-37-38-29(42-28)32(5)14-13-31(4)15-16-35(8)26(20(31)18-32)23(40)17-25-33(6)19-21(36-9)27(41)30(2,3)24(33)11-12-34(25,35)7;1-29(2)22-10-11-33(6)23(32(22,5)18-20(35-8)25(29)39)16-21(38)24-19-17-31(4,28-37-36-26(42-28)27(40)41-9)13-12-30(19,3)14-15-34(24,33)7;1-2/h17,19-20,24,26H,10-16,18H2,1-8H3;16,18-19,22,24H,10-15,17H2,1-7,9H3;2H2,1H3/t20-,24-,26-,31+,32-,33-,34+,35+;19-,22-,24-,30+,31-,32-,33+,34+;/m00./s1. The summed E-state index contributed by atoms with van der Waals surface area (Å²) in [5.41, 5.74) is 2.88. The Morgan fingerprint density at radius 2 is 0.942 bits per heavy atom. The van der Waals surface area contributed by atoms with Gasteiger partial charge in [-0.15, -0.1) is 20.4 Å². The smallest absolute Gasteiger partial charge is 0.396 e. The molecule has 2 heterocycles. The van der Waals surface area contributed by atoms with Gasteiger partial charge in [-0.25, -0.2) is 14.5 Å². The van der Waals surface area contributed by atoms with E-state index in [2.05, 4.69) is 105 Å². The lowest BCUT2D eigenvalue weighted by Crippen LogP contribution is -2.64. The monoisotopic (exact) mass is 1180 g/mol. The van der Waals surface area contributed by atoms with Gasteiger partial charge < -0.3 is 28.9 Å². The number of methoxy groups -OCH3 is 1. The molecule has 0 saturated heterocycles. The number of fused-ring (bicyclic) bond motifs is 14. The number of carbonyl (C=O) groups excluding carboxylic acids is 6. The minimum atomic E-state index is -0.671. The molecule has 462 valence electrons. The third-order valence-electron chi connectivity index (χ3n) is 26.9. The lowest BCUT2D eigenvalue weighted by molar-refractivity contribution is -0.166. The predicted molar refractivity (Wildman–Crippen MR) is 323 cm³/mol. The summed E-state index contributed by atoms with van der Waals surface area (Å²) < 4.78 is 16.6. The van der Waals surface area contributed by atoms with E-state index in [1.807, 2.05) is 52.0 Å². The average Bonchev–Trinajstić information content (AvgIpc) is 0.812. The summed E-state index contributed by atoms with van der Waals surface area (Å²) in [7, 11) is 2.79. The largest absolute Gasteiger partial charge is 0.462 e. The molecule has 12 rings (SSSR count). The van der Waals surface area contributed by atoms with Gasteiger partial charge in [0.2, 0.25) is 29.0 Å². The Kier molecular flexibility index (Phi) is 14.9. The molecule has 0 unspecified atom stereocenters. The van der Waals surface area contributed by atoms with Crippen LogP contribution in [0.25, 0.3) is 9.69 Å². The molecule has 0 aromatic carbocycles. The maximum atomic E-state index is 14.6. The molecule has 6 fully saturated rings. The van der Waals surface area contributed by atoms with E-state index in [0.29, 0.717) is 18.2 Å².